The van der Waals surface area contributed by atoms with Gasteiger partial charge in [0.15, 0.2) is 0 Å². The summed E-state index contributed by atoms with van der Waals surface area (Å²) in [6.45, 7) is 1.72. The molecule has 1 aromatic heterocycles. The molecule has 19 heavy (non-hydrogen) atoms. The Morgan fingerprint density at radius 1 is 1.21 bits per heavy atom. The van der Waals surface area contributed by atoms with Crippen LogP contribution in [-0.4, -0.2) is 4.98 Å². The van der Waals surface area contributed by atoms with Crippen LogP contribution in [0.5, 0.6) is 11.6 Å². The van der Waals surface area contributed by atoms with Crippen molar-refractivity contribution in [1.82, 2.24) is 4.98 Å². The average molecular weight is 268 g/mol. The number of alkyl halides is 3. The van der Waals surface area contributed by atoms with Crippen LogP contribution in [-0.2, 0) is 6.18 Å². The second kappa shape index (κ2) is 4.79. The second-order valence-electron chi connectivity index (χ2n) is 3.98. The van der Waals surface area contributed by atoms with Crippen molar-refractivity contribution in [3.8, 4) is 11.6 Å². The van der Waals surface area contributed by atoms with Gasteiger partial charge in [-0.2, -0.15) is 13.2 Å². The maximum Gasteiger partial charge on any atom is 0.419 e. The molecule has 0 unspecified atom stereocenters. The number of hydrogen-bond acceptors (Lipinski definition) is 3. The molecule has 6 heteroatoms. The van der Waals surface area contributed by atoms with Crippen LogP contribution in [0.2, 0.25) is 0 Å². The van der Waals surface area contributed by atoms with Crippen molar-refractivity contribution in [2.24, 2.45) is 0 Å². The minimum atomic E-state index is -4.47. The van der Waals surface area contributed by atoms with E-state index in [4.69, 9.17) is 10.5 Å². The molecule has 0 fully saturated rings. The van der Waals surface area contributed by atoms with Gasteiger partial charge in [0.25, 0.3) is 0 Å². The molecule has 3 nitrogen and oxygen atoms in total. The number of hydrogen-bond donors (Lipinski definition) is 1. The SMILES string of the molecule is Cc1cc(Oc2ccccc2C(F)(F)F)ncc1N. The molecule has 0 saturated heterocycles. The standard InChI is InChI=1S/C13H11F3N2O/c1-8-6-12(18-7-10(8)17)19-11-5-3-2-4-9(11)13(14,15)16/h2-7H,17H2,1H3. The summed E-state index contributed by atoms with van der Waals surface area (Å²) in [7, 11) is 0. The summed E-state index contributed by atoms with van der Waals surface area (Å²) >= 11 is 0. The summed E-state index contributed by atoms with van der Waals surface area (Å²) in [4.78, 5) is 3.84. The molecule has 0 aliphatic heterocycles. The lowest BCUT2D eigenvalue weighted by atomic mass is 10.2. The molecule has 0 amide bonds. The summed E-state index contributed by atoms with van der Waals surface area (Å²) in [5.41, 5.74) is 5.89. The van der Waals surface area contributed by atoms with E-state index in [-0.39, 0.29) is 11.6 Å². The summed E-state index contributed by atoms with van der Waals surface area (Å²) in [5, 5.41) is 0. The van der Waals surface area contributed by atoms with E-state index in [2.05, 4.69) is 4.98 Å². The molecule has 100 valence electrons. The molecule has 0 aliphatic carbocycles. The molecule has 0 saturated carbocycles. The summed E-state index contributed by atoms with van der Waals surface area (Å²) in [6, 6.07) is 6.46. The second-order valence-corrected chi connectivity index (χ2v) is 3.98. The molecule has 2 N–H and O–H groups in total. The average Bonchev–Trinajstić information content (AvgIpc) is 2.33. The summed E-state index contributed by atoms with van der Waals surface area (Å²) in [5.74, 6) is -0.213. The molecule has 0 radical (unpaired) electrons. The van der Waals surface area contributed by atoms with E-state index in [1.54, 1.807) is 6.92 Å². The number of rotatable bonds is 2. The number of pyridine rings is 1. The maximum absolute atomic E-state index is 12.8. The molecular weight excluding hydrogens is 257 g/mol. The Labute approximate surface area is 107 Å². The van der Waals surface area contributed by atoms with Gasteiger partial charge in [-0.25, -0.2) is 4.98 Å². The first kappa shape index (κ1) is 13.2. The van der Waals surface area contributed by atoms with Crippen LogP contribution in [0.15, 0.2) is 36.5 Å². The fourth-order valence-corrected chi connectivity index (χ4v) is 1.50. The Morgan fingerprint density at radius 3 is 2.53 bits per heavy atom. The third-order valence-electron chi connectivity index (χ3n) is 2.53. The molecule has 0 aliphatic rings. The first-order chi connectivity index (χ1) is 8.88. The van der Waals surface area contributed by atoms with Gasteiger partial charge in [0.1, 0.15) is 5.75 Å². The van der Waals surface area contributed by atoms with Crippen LogP contribution >= 0.6 is 0 Å². The Kier molecular flexibility index (Phi) is 3.33. The van der Waals surface area contributed by atoms with Crippen LogP contribution in [0.25, 0.3) is 0 Å². The number of aryl methyl sites for hydroxylation is 1. The van der Waals surface area contributed by atoms with Crippen molar-refractivity contribution in [1.29, 1.82) is 0 Å². The molecule has 1 aromatic carbocycles. The highest BCUT2D eigenvalue weighted by Gasteiger charge is 2.34. The smallest absolute Gasteiger partial charge is 0.419 e. The zero-order chi connectivity index (χ0) is 14.0. The highest BCUT2D eigenvalue weighted by atomic mass is 19.4. The zero-order valence-corrected chi connectivity index (χ0v) is 10.0. The summed E-state index contributed by atoms with van der Waals surface area (Å²) < 4.78 is 43.5. The molecule has 1 heterocycles. The Balaban J connectivity index is 2.36. The van der Waals surface area contributed by atoms with Gasteiger partial charge < -0.3 is 10.5 Å². The number of anilines is 1. The van der Waals surface area contributed by atoms with E-state index in [1.807, 2.05) is 0 Å². The fourth-order valence-electron chi connectivity index (χ4n) is 1.50. The van der Waals surface area contributed by atoms with Gasteiger partial charge in [-0.3, -0.25) is 0 Å². The lowest BCUT2D eigenvalue weighted by Crippen LogP contribution is -2.07. The first-order valence-electron chi connectivity index (χ1n) is 5.44. The minimum absolute atomic E-state index is 0.0726. The van der Waals surface area contributed by atoms with E-state index in [9.17, 15) is 13.2 Å². The van der Waals surface area contributed by atoms with E-state index >= 15 is 0 Å². The van der Waals surface area contributed by atoms with Gasteiger partial charge in [-0.1, -0.05) is 12.1 Å². The maximum atomic E-state index is 12.8. The van der Waals surface area contributed by atoms with Gasteiger partial charge in [0.05, 0.1) is 17.4 Å². The van der Waals surface area contributed by atoms with Gasteiger partial charge in [0.2, 0.25) is 5.88 Å². The zero-order valence-electron chi connectivity index (χ0n) is 10.0. The molecule has 2 rings (SSSR count). The number of halogens is 3. The monoisotopic (exact) mass is 268 g/mol. The quantitative estimate of drug-likeness (QED) is 0.901. The Bertz CT molecular complexity index is 597. The minimum Gasteiger partial charge on any atom is -0.438 e. The van der Waals surface area contributed by atoms with E-state index < -0.39 is 11.7 Å². The van der Waals surface area contributed by atoms with E-state index in [0.717, 1.165) is 6.07 Å². The highest BCUT2D eigenvalue weighted by Crippen LogP contribution is 2.37. The molecular formula is C13H11F3N2O. The highest BCUT2D eigenvalue weighted by molar-refractivity contribution is 5.46. The predicted molar refractivity (Wildman–Crippen MR) is 64.9 cm³/mol. The van der Waals surface area contributed by atoms with Crippen LogP contribution < -0.4 is 10.5 Å². The van der Waals surface area contributed by atoms with Crippen LogP contribution in [0.4, 0.5) is 18.9 Å². The molecule has 0 spiro atoms. The normalized spacial score (nSPS) is 11.4. The number of aromatic nitrogens is 1. The number of nitrogens with two attached hydrogens (primary N) is 1. The van der Waals surface area contributed by atoms with Crippen molar-refractivity contribution >= 4 is 5.69 Å². The molecule has 0 bridgehead atoms. The summed E-state index contributed by atoms with van der Waals surface area (Å²) in [6.07, 6.45) is -3.12. The Morgan fingerprint density at radius 2 is 1.89 bits per heavy atom. The number of nitrogens with zero attached hydrogens (tertiary/aromatic N) is 1. The molecule has 0 atom stereocenters. The third kappa shape index (κ3) is 2.96. The lowest BCUT2D eigenvalue weighted by molar-refractivity contribution is -0.138. The van der Waals surface area contributed by atoms with E-state index in [1.165, 1.54) is 30.5 Å². The van der Waals surface area contributed by atoms with Crippen molar-refractivity contribution in [2.75, 3.05) is 5.73 Å². The van der Waals surface area contributed by atoms with Gasteiger partial charge >= 0.3 is 6.18 Å². The number of para-hydroxylation sites is 1. The number of benzene rings is 1. The van der Waals surface area contributed by atoms with Crippen LogP contribution in [0.3, 0.4) is 0 Å². The lowest BCUT2D eigenvalue weighted by Gasteiger charge is -2.13. The van der Waals surface area contributed by atoms with Gasteiger partial charge in [0, 0.05) is 6.07 Å². The van der Waals surface area contributed by atoms with Crippen molar-refractivity contribution in [3.63, 3.8) is 0 Å². The fraction of sp³-hybridized carbons (Fsp3) is 0.154. The van der Waals surface area contributed by atoms with Gasteiger partial charge in [-0.15, -0.1) is 0 Å². The Hall–Kier alpha value is -2.24. The first-order valence-corrected chi connectivity index (χ1v) is 5.44. The third-order valence-corrected chi connectivity index (χ3v) is 2.53. The van der Waals surface area contributed by atoms with Crippen molar-refractivity contribution in [3.05, 3.63) is 47.7 Å². The van der Waals surface area contributed by atoms with Crippen molar-refractivity contribution in [2.45, 2.75) is 13.1 Å². The van der Waals surface area contributed by atoms with Crippen molar-refractivity contribution < 1.29 is 17.9 Å². The number of ether oxygens (including phenoxy) is 1. The van der Waals surface area contributed by atoms with E-state index in [0.29, 0.717) is 11.3 Å². The largest absolute Gasteiger partial charge is 0.438 e. The van der Waals surface area contributed by atoms with Crippen LogP contribution in [0.1, 0.15) is 11.1 Å². The number of nitrogen functional groups attached to an aromatic ring is 1. The van der Waals surface area contributed by atoms with Gasteiger partial charge in [-0.05, 0) is 24.6 Å². The molecule has 2 aromatic rings. The topological polar surface area (TPSA) is 48.1 Å². The van der Waals surface area contributed by atoms with Crippen LogP contribution in [0, 0.1) is 6.92 Å². The predicted octanol–water partition coefficient (Wildman–Crippen LogP) is 3.78.